The van der Waals surface area contributed by atoms with Gasteiger partial charge in [-0.3, -0.25) is 0 Å². The van der Waals surface area contributed by atoms with Crippen molar-refractivity contribution in [3.05, 3.63) is 41.5 Å². The summed E-state index contributed by atoms with van der Waals surface area (Å²) in [5.74, 6) is 3.98. The lowest BCUT2D eigenvalue weighted by atomic mass is 9.57. The van der Waals surface area contributed by atoms with Crippen molar-refractivity contribution in [1.29, 1.82) is 0 Å². The molecule has 0 unspecified atom stereocenters. The Morgan fingerprint density at radius 3 is 2.53 bits per heavy atom. The van der Waals surface area contributed by atoms with E-state index >= 15 is 0 Å². The second kappa shape index (κ2) is 9.47. The first kappa shape index (κ1) is 23.4. The van der Waals surface area contributed by atoms with E-state index in [0.29, 0.717) is 40.8 Å². The zero-order valence-corrected chi connectivity index (χ0v) is 20.1. The third-order valence-electron chi connectivity index (χ3n) is 8.96. The van der Waals surface area contributed by atoms with Gasteiger partial charge in [0, 0.05) is 0 Å². The average molecular weight is 413 g/mol. The Kier molecular flexibility index (Phi) is 7.38. The normalized spacial score (nSPS) is 33.7. The number of phenolic OH excluding ortho intramolecular Hbond substituents is 1. The summed E-state index contributed by atoms with van der Waals surface area (Å²) < 4.78 is 0. The van der Waals surface area contributed by atoms with Gasteiger partial charge in [-0.05, 0) is 110 Å². The number of aromatic hydroxyl groups is 1. The van der Waals surface area contributed by atoms with Gasteiger partial charge in [-0.15, -0.1) is 0 Å². The van der Waals surface area contributed by atoms with Gasteiger partial charge in [-0.1, -0.05) is 52.8 Å². The maximum atomic E-state index is 10.9. The molecule has 1 aromatic carbocycles. The highest BCUT2D eigenvalue weighted by Crippen LogP contribution is 2.60. The summed E-state index contributed by atoms with van der Waals surface area (Å²) >= 11 is 0. The number of hydrogen-bond donors (Lipinski definition) is 2. The highest BCUT2D eigenvalue weighted by molar-refractivity contribution is 5.34. The zero-order chi connectivity index (χ0) is 22.1. The summed E-state index contributed by atoms with van der Waals surface area (Å²) in [5, 5.41) is 20.8. The minimum Gasteiger partial charge on any atom is -0.508 e. The van der Waals surface area contributed by atoms with Gasteiger partial charge in [-0.25, -0.2) is 0 Å². The Morgan fingerprint density at radius 1 is 1.10 bits per heavy atom. The van der Waals surface area contributed by atoms with E-state index in [4.69, 9.17) is 0 Å². The lowest BCUT2D eigenvalue weighted by molar-refractivity contribution is -0.0493. The van der Waals surface area contributed by atoms with E-state index < -0.39 is 0 Å². The van der Waals surface area contributed by atoms with Crippen molar-refractivity contribution in [2.24, 2.45) is 40.9 Å². The molecular formula is C28H44O2. The zero-order valence-electron chi connectivity index (χ0n) is 20.1. The van der Waals surface area contributed by atoms with Crippen LogP contribution in [0.4, 0.5) is 0 Å². The minimum atomic E-state index is -0.175. The van der Waals surface area contributed by atoms with Crippen LogP contribution in [0, 0.1) is 47.8 Å². The molecule has 0 saturated heterocycles. The Morgan fingerprint density at radius 2 is 1.83 bits per heavy atom. The van der Waals surface area contributed by atoms with Crippen LogP contribution in [-0.4, -0.2) is 16.3 Å². The summed E-state index contributed by atoms with van der Waals surface area (Å²) in [6.45, 7) is 14.0. The topological polar surface area (TPSA) is 40.5 Å². The fraction of sp³-hybridized carbons (Fsp3) is 0.714. The molecule has 2 N–H and O–H groups in total. The SMILES string of the molecule is Cc1ccc(O)cc1CC[C@@H]1[C@H](O)CC[C@]2(C)[C@@H]([C@@H](C)C=C[C@H](C)C(C)C)CC[C@@H]12. The molecule has 2 saturated carbocycles. The van der Waals surface area contributed by atoms with Crippen molar-refractivity contribution in [2.45, 2.75) is 86.2 Å². The van der Waals surface area contributed by atoms with Crippen LogP contribution in [0.5, 0.6) is 5.75 Å². The molecule has 1 aromatic rings. The average Bonchev–Trinajstić information content (AvgIpc) is 3.05. The summed E-state index contributed by atoms with van der Waals surface area (Å²) in [7, 11) is 0. The maximum absolute atomic E-state index is 10.9. The van der Waals surface area contributed by atoms with E-state index in [1.165, 1.54) is 24.0 Å². The van der Waals surface area contributed by atoms with E-state index in [1.54, 1.807) is 6.07 Å². The lowest BCUT2D eigenvalue weighted by Crippen LogP contribution is -2.45. The monoisotopic (exact) mass is 412 g/mol. The van der Waals surface area contributed by atoms with Crippen LogP contribution in [0.25, 0.3) is 0 Å². The number of fused-ring (bicyclic) bond motifs is 1. The third-order valence-corrected chi connectivity index (χ3v) is 8.96. The Bertz CT molecular complexity index is 736. The highest BCUT2D eigenvalue weighted by atomic mass is 16.3. The quantitative estimate of drug-likeness (QED) is 0.477. The molecule has 2 nitrogen and oxygen atoms in total. The Hall–Kier alpha value is -1.28. The fourth-order valence-electron chi connectivity index (χ4n) is 6.52. The highest BCUT2D eigenvalue weighted by Gasteiger charge is 2.54. The van der Waals surface area contributed by atoms with E-state index in [2.05, 4.69) is 53.7 Å². The van der Waals surface area contributed by atoms with E-state index in [0.717, 1.165) is 31.6 Å². The molecule has 30 heavy (non-hydrogen) atoms. The number of benzene rings is 1. The molecule has 0 amide bonds. The number of hydrogen-bond acceptors (Lipinski definition) is 2. The van der Waals surface area contributed by atoms with Gasteiger partial charge < -0.3 is 10.2 Å². The van der Waals surface area contributed by atoms with Crippen LogP contribution in [0.2, 0.25) is 0 Å². The van der Waals surface area contributed by atoms with Crippen molar-refractivity contribution >= 4 is 0 Å². The molecule has 0 aliphatic heterocycles. The van der Waals surface area contributed by atoms with Gasteiger partial charge in [0.2, 0.25) is 0 Å². The summed E-state index contributed by atoms with van der Waals surface area (Å²) in [6, 6.07) is 5.68. The molecule has 0 heterocycles. The molecule has 2 aliphatic rings. The number of aryl methyl sites for hydroxylation is 2. The number of phenols is 1. The molecule has 0 radical (unpaired) electrons. The molecule has 2 heteroatoms. The van der Waals surface area contributed by atoms with E-state index in [-0.39, 0.29) is 6.10 Å². The lowest BCUT2D eigenvalue weighted by Gasteiger charge is -2.48. The van der Waals surface area contributed by atoms with Gasteiger partial charge in [0.05, 0.1) is 6.10 Å². The van der Waals surface area contributed by atoms with Crippen LogP contribution in [-0.2, 0) is 6.42 Å². The standard InChI is InChI=1S/C28H44O2/c1-18(2)19(3)7-8-21(5)25-13-14-26-24(27(30)15-16-28(25,26)6)12-10-22-17-23(29)11-9-20(22)4/h7-9,11,17-19,21,24-27,29-30H,10,12-16H2,1-6H3/t19-,21-,24-,25+,26-,27+,28+/m0/s1. The van der Waals surface area contributed by atoms with Crippen molar-refractivity contribution in [2.75, 3.05) is 0 Å². The smallest absolute Gasteiger partial charge is 0.115 e. The van der Waals surface area contributed by atoms with Crippen LogP contribution in [0.1, 0.15) is 77.8 Å². The molecule has 3 rings (SSSR count). The van der Waals surface area contributed by atoms with Gasteiger partial charge >= 0.3 is 0 Å². The molecule has 2 aliphatic carbocycles. The largest absolute Gasteiger partial charge is 0.508 e. The van der Waals surface area contributed by atoms with Crippen molar-refractivity contribution < 1.29 is 10.2 Å². The third kappa shape index (κ3) is 4.79. The van der Waals surface area contributed by atoms with Crippen LogP contribution in [0.3, 0.4) is 0 Å². The second-order valence-electron chi connectivity index (χ2n) is 11.1. The van der Waals surface area contributed by atoms with Crippen molar-refractivity contribution in [1.82, 2.24) is 0 Å². The van der Waals surface area contributed by atoms with Gasteiger partial charge in [0.25, 0.3) is 0 Å². The molecule has 0 spiro atoms. The van der Waals surface area contributed by atoms with Gasteiger partial charge in [0.15, 0.2) is 0 Å². The van der Waals surface area contributed by atoms with Gasteiger partial charge in [-0.2, -0.15) is 0 Å². The second-order valence-corrected chi connectivity index (χ2v) is 11.1. The van der Waals surface area contributed by atoms with E-state index in [1.807, 2.05) is 12.1 Å². The summed E-state index contributed by atoms with van der Waals surface area (Å²) in [4.78, 5) is 0. The molecule has 7 atom stereocenters. The summed E-state index contributed by atoms with van der Waals surface area (Å²) in [5.41, 5.74) is 2.80. The number of allylic oxidation sites excluding steroid dienone is 2. The van der Waals surface area contributed by atoms with Crippen LogP contribution >= 0.6 is 0 Å². The minimum absolute atomic E-state index is 0.175. The molecule has 2 fully saturated rings. The fourth-order valence-corrected chi connectivity index (χ4v) is 6.52. The first-order valence-corrected chi connectivity index (χ1v) is 12.3. The summed E-state index contributed by atoms with van der Waals surface area (Å²) in [6.07, 6.45) is 11.3. The Balaban J connectivity index is 1.72. The number of rotatable bonds is 7. The van der Waals surface area contributed by atoms with Crippen molar-refractivity contribution in [3.8, 4) is 5.75 Å². The van der Waals surface area contributed by atoms with Crippen LogP contribution in [0.15, 0.2) is 30.4 Å². The first-order valence-electron chi connectivity index (χ1n) is 12.3. The predicted octanol–water partition coefficient (Wildman–Crippen LogP) is 6.92. The van der Waals surface area contributed by atoms with Gasteiger partial charge in [0.1, 0.15) is 5.75 Å². The molecule has 168 valence electrons. The molecule has 0 bridgehead atoms. The first-order chi connectivity index (χ1) is 14.1. The number of aliphatic hydroxyl groups is 1. The molecule has 0 aromatic heterocycles. The van der Waals surface area contributed by atoms with Crippen LogP contribution < -0.4 is 0 Å². The molecular weight excluding hydrogens is 368 g/mol. The van der Waals surface area contributed by atoms with E-state index in [9.17, 15) is 10.2 Å². The predicted molar refractivity (Wildman–Crippen MR) is 127 cm³/mol. The Labute approximate surface area is 184 Å². The number of aliphatic hydroxyl groups excluding tert-OH is 1. The maximum Gasteiger partial charge on any atom is 0.115 e. The van der Waals surface area contributed by atoms with Crippen molar-refractivity contribution in [3.63, 3.8) is 0 Å².